The zero-order valence-electron chi connectivity index (χ0n) is 9.61. The van der Waals surface area contributed by atoms with Crippen molar-refractivity contribution in [1.29, 1.82) is 0 Å². The van der Waals surface area contributed by atoms with Crippen molar-refractivity contribution in [2.24, 2.45) is 0 Å². The average Bonchev–Trinajstić information content (AvgIpc) is 2.38. The summed E-state index contributed by atoms with van der Waals surface area (Å²) in [5.74, 6) is -0.922. The third kappa shape index (κ3) is 2.22. The molecule has 0 unspecified atom stereocenters. The molecule has 2 nitrogen and oxygen atoms in total. The lowest BCUT2D eigenvalue weighted by molar-refractivity contribution is 0.103. The Labute approximate surface area is 109 Å². The van der Waals surface area contributed by atoms with Crippen LogP contribution >= 0.6 is 11.6 Å². The Morgan fingerprint density at radius 1 is 1.17 bits per heavy atom. The molecular formula is C14H10ClFO2. The molecule has 0 aliphatic heterocycles. The molecule has 0 aliphatic carbocycles. The number of hydrogen-bond acceptors (Lipinski definition) is 2. The maximum Gasteiger partial charge on any atom is 0.201 e. The van der Waals surface area contributed by atoms with Crippen LogP contribution in [0.15, 0.2) is 42.5 Å². The normalized spacial score (nSPS) is 10.2. The van der Waals surface area contributed by atoms with E-state index in [-0.39, 0.29) is 21.9 Å². The van der Waals surface area contributed by atoms with Crippen LogP contribution in [0.3, 0.4) is 0 Å². The smallest absolute Gasteiger partial charge is 0.201 e. The molecule has 0 bridgehead atoms. The molecule has 0 saturated carbocycles. The number of hydrogen-bond donors (Lipinski definition) is 0. The Bertz CT molecular complexity index is 596. The quantitative estimate of drug-likeness (QED) is 0.790. The first-order valence-electron chi connectivity index (χ1n) is 5.27. The van der Waals surface area contributed by atoms with Crippen molar-refractivity contribution in [3.63, 3.8) is 0 Å². The molecule has 0 aromatic heterocycles. The molecule has 0 radical (unpaired) electrons. The topological polar surface area (TPSA) is 26.3 Å². The minimum atomic E-state index is -0.626. The molecule has 0 atom stereocenters. The maximum atomic E-state index is 13.8. The number of ketones is 1. The average molecular weight is 265 g/mol. The molecule has 4 heteroatoms. The van der Waals surface area contributed by atoms with Gasteiger partial charge in [-0.2, -0.15) is 0 Å². The van der Waals surface area contributed by atoms with Crippen molar-refractivity contribution in [3.8, 4) is 5.75 Å². The molecule has 0 heterocycles. The van der Waals surface area contributed by atoms with E-state index in [1.165, 1.54) is 25.3 Å². The second-order valence-electron chi connectivity index (χ2n) is 3.63. The van der Waals surface area contributed by atoms with E-state index in [0.29, 0.717) is 0 Å². The van der Waals surface area contributed by atoms with Gasteiger partial charge >= 0.3 is 0 Å². The van der Waals surface area contributed by atoms with E-state index in [1.807, 2.05) is 0 Å². The molecule has 2 rings (SSSR count). The van der Waals surface area contributed by atoms with Gasteiger partial charge in [0.15, 0.2) is 0 Å². The first-order valence-corrected chi connectivity index (χ1v) is 5.64. The van der Waals surface area contributed by atoms with Gasteiger partial charge < -0.3 is 4.74 Å². The van der Waals surface area contributed by atoms with Crippen LogP contribution in [0.5, 0.6) is 5.75 Å². The largest absolute Gasteiger partial charge is 0.496 e. The lowest BCUT2D eigenvalue weighted by Crippen LogP contribution is -2.07. The highest BCUT2D eigenvalue weighted by atomic mass is 35.5. The van der Waals surface area contributed by atoms with Crippen LogP contribution in [-0.4, -0.2) is 12.9 Å². The van der Waals surface area contributed by atoms with Crippen molar-refractivity contribution in [3.05, 3.63) is 64.4 Å². The third-order valence-corrected chi connectivity index (χ3v) is 2.87. The standard InChI is InChI=1S/C14H10ClFO2/c1-18-12-8-4-7-11(16)13(12)14(17)9-5-2-3-6-10(9)15/h2-8H,1H3. The van der Waals surface area contributed by atoms with Gasteiger partial charge in [-0.25, -0.2) is 4.39 Å². The third-order valence-electron chi connectivity index (χ3n) is 2.54. The summed E-state index contributed by atoms with van der Waals surface area (Å²) in [7, 11) is 1.39. The van der Waals surface area contributed by atoms with Gasteiger partial charge in [0.2, 0.25) is 5.78 Å². The minimum absolute atomic E-state index is 0.104. The SMILES string of the molecule is COc1cccc(F)c1C(=O)c1ccccc1Cl. The van der Waals surface area contributed by atoms with Gasteiger partial charge in [-0.3, -0.25) is 4.79 Å². The molecule has 2 aromatic carbocycles. The summed E-state index contributed by atoms with van der Waals surface area (Å²) < 4.78 is 18.8. The monoisotopic (exact) mass is 264 g/mol. The summed E-state index contributed by atoms with van der Waals surface area (Å²) in [5, 5.41) is 0.285. The first kappa shape index (κ1) is 12.6. The van der Waals surface area contributed by atoms with Crippen molar-refractivity contribution >= 4 is 17.4 Å². The first-order chi connectivity index (χ1) is 8.65. The van der Waals surface area contributed by atoms with Gasteiger partial charge in [0.1, 0.15) is 17.1 Å². The zero-order valence-corrected chi connectivity index (χ0v) is 10.4. The molecule has 2 aromatic rings. The van der Waals surface area contributed by atoms with Crippen molar-refractivity contribution in [1.82, 2.24) is 0 Å². The molecule has 92 valence electrons. The second-order valence-corrected chi connectivity index (χ2v) is 4.03. The van der Waals surface area contributed by atoms with Gasteiger partial charge in [-0.05, 0) is 24.3 Å². The number of benzene rings is 2. The van der Waals surface area contributed by atoms with E-state index < -0.39 is 11.6 Å². The minimum Gasteiger partial charge on any atom is -0.496 e. The van der Waals surface area contributed by atoms with Crippen LogP contribution in [0.1, 0.15) is 15.9 Å². The van der Waals surface area contributed by atoms with Gasteiger partial charge in [0.05, 0.1) is 12.1 Å². The van der Waals surface area contributed by atoms with Gasteiger partial charge in [-0.15, -0.1) is 0 Å². The fourth-order valence-electron chi connectivity index (χ4n) is 1.67. The Balaban J connectivity index is 2.56. The highest BCUT2D eigenvalue weighted by Crippen LogP contribution is 2.27. The Kier molecular flexibility index (Phi) is 3.63. The summed E-state index contributed by atoms with van der Waals surface area (Å²) in [5.41, 5.74) is 0.149. The predicted octanol–water partition coefficient (Wildman–Crippen LogP) is 3.72. The number of halogens is 2. The van der Waals surface area contributed by atoms with Crippen molar-refractivity contribution in [2.75, 3.05) is 7.11 Å². The fraction of sp³-hybridized carbons (Fsp3) is 0.0714. The van der Waals surface area contributed by atoms with E-state index in [9.17, 15) is 9.18 Å². The van der Waals surface area contributed by atoms with Crippen LogP contribution in [0, 0.1) is 5.82 Å². The van der Waals surface area contributed by atoms with E-state index >= 15 is 0 Å². The molecule has 0 saturated heterocycles. The molecule has 0 fully saturated rings. The zero-order chi connectivity index (χ0) is 13.1. The Hall–Kier alpha value is -1.87. The Morgan fingerprint density at radius 2 is 1.89 bits per heavy atom. The molecule has 0 amide bonds. The number of carbonyl (C=O) groups is 1. The number of carbonyl (C=O) groups excluding carboxylic acids is 1. The summed E-state index contributed by atoms with van der Waals surface area (Å²) in [6, 6.07) is 10.8. The summed E-state index contributed by atoms with van der Waals surface area (Å²) in [6.07, 6.45) is 0. The van der Waals surface area contributed by atoms with Crippen molar-refractivity contribution < 1.29 is 13.9 Å². The Morgan fingerprint density at radius 3 is 2.56 bits per heavy atom. The lowest BCUT2D eigenvalue weighted by Gasteiger charge is -2.09. The van der Waals surface area contributed by atoms with Gasteiger partial charge in [0, 0.05) is 5.56 Å². The van der Waals surface area contributed by atoms with Gasteiger partial charge in [0.25, 0.3) is 0 Å². The fourth-order valence-corrected chi connectivity index (χ4v) is 1.90. The highest BCUT2D eigenvalue weighted by molar-refractivity contribution is 6.35. The molecule has 0 N–H and O–H groups in total. The summed E-state index contributed by atoms with van der Waals surface area (Å²) in [6.45, 7) is 0. The lowest BCUT2D eigenvalue weighted by atomic mass is 10.0. The van der Waals surface area contributed by atoms with Crippen LogP contribution in [-0.2, 0) is 0 Å². The van der Waals surface area contributed by atoms with Crippen molar-refractivity contribution in [2.45, 2.75) is 0 Å². The molecular weight excluding hydrogens is 255 g/mol. The van der Waals surface area contributed by atoms with Crippen LogP contribution in [0.4, 0.5) is 4.39 Å². The van der Waals surface area contributed by atoms with E-state index in [4.69, 9.17) is 16.3 Å². The van der Waals surface area contributed by atoms with Crippen LogP contribution in [0.2, 0.25) is 5.02 Å². The van der Waals surface area contributed by atoms with Crippen LogP contribution in [0.25, 0.3) is 0 Å². The summed E-state index contributed by atoms with van der Waals surface area (Å²) >= 11 is 5.93. The molecule has 0 aliphatic rings. The van der Waals surface area contributed by atoms with E-state index in [0.717, 1.165) is 0 Å². The number of ether oxygens (including phenoxy) is 1. The van der Waals surface area contributed by atoms with Gasteiger partial charge in [-0.1, -0.05) is 29.8 Å². The molecule has 0 spiro atoms. The highest BCUT2D eigenvalue weighted by Gasteiger charge is 2.20. The maximum absolute atomic E-state index is 13.8. The van der Waals surface area contributed by atoms with E-state index in [2.05, 4.69) is 0 Å². The van der Waals surface area contributed by atoms with E-state index in [1.54, 1.807) is 24.3 Å². The van der Waals surface area contributed by atoms with Crippen LogP contribution < -0.4 is 4.74 Å². The second kappa shape index (κ2) is 5.19. The summed E-state index contributed by atoms with van der Waals surface area (Å²) in [4.78, 5) is 12.3. The number of rotatable bonds is 3. The number of methoxy groups -OCH3 is 1. The molecule has 18 heavy (non-hydrogen) atoms. The predicted molar refractivity (Wildman–Crippen MR) is 67.8 cm³/mol.